The molecule has 3 rings (SSSR count). The van der Waals surface area contributed by atoms with E-state index in [9.17, 15) is 4.79 Å². The van der Waals surface area contributed by atoms with Crippen molar-refractivity contribution < 1.29 is 14.1 Å². The van der Waals surface area contributed by atoms with Crippen LogP contribution in [-0.4, -0.2) is 21.9 Å². The van der Waals surface area contributed by atoms with E-state index in [4.69, 9.17) is 20.9 Å². The molecule has 0 aliphatic heterocycles. The minimum absolute atomic E-state index is 0.0393. The van der Waals surface area contributed by atoms with E-state index in [1.807, 2.05) is 36.4 Å². The molecule has 0 aliphatic rings. The van der Waals surface area contributed by atoms with Gasteiger partial charge in [-0.25, -0.2) is 0 Å². The fraction of sp³-hybridized carbons (Fsp3) is 0.167. The zero-order valence-corrected chi connectivity index (χ0v) is 14.8. The Balaban J connectivity index is 1.45. The van der Waals surface area contributed by atoms with Crippen molar-refractivity contribution in [1.29, 1.82) is 0 Å². The van der Waals surface area contributed by atoms with Crippen LogP contribution in [0.25, 0.3) is 11.4 Å². The Labute approximate surface area is 154 Å². The van der Waals surface area contributed by atoms with Gasteiger partial charge in [0.05, 0.1) is 6.42 Å². The highest BCUT2D eigenvalue weighted by atomic mass is 35.5. The number of benzene rings is 2. The maximum atomic E-state index is 11.8. The number of hydrogen-bond acceptors (Lipinski definition) is 6. The molecule has 1 aromatic heterocycles. The summed E-state index contributed by atoms with van der Waals surface area (Å²) in [6, 6.07) is 17.0. The van der Waals surface area contributed by atoms with Gasteiger partial charge < -0.3 is 9.26 Å². The Hall–Kier alpha value is -2.31. The molecule has 0 atom stereocenters. The molecular weight excluding hydrogens is 360 g/mol. The lowest BCUT2D eigenvalue weighted by Gasteiger charge is -2.02. The van der Waals surface area contributed by atoms with Crippen molar-refractivity contribution >= 4 is 29.3 Å². The molecule has 7 heteroatoms. The van der Waals surface area contributed by atoms with Crippen LogP contribution in [0, 0.1) is 0 Å². The van der Waals surface area contributed by atoms with Crippen LogP contribution in [0.3, 0.4) is 0 Å². The third-order valence-electron chi connectivity index (χ3n) is 3.23. The average molecular weight is 375 g/mol. The van der Waals surface area contributed by atoms with Gasteiger partial charge in [0.25, 0.3) is 5.89 Å². The number of aromatic nitrogens is 2. The van der Waals surface area contributed by atoms with Gasteiger partial charge in [0.1, 0.15) is 0 Å². The molecule has 0 aliphatic carbocycles. The van der Waals surface area contributed by atoms with Crippen molar-refractivity contribution in [3.8, 4) is 11.4 Å². The number of halogens is 1. The van der Waals surface area contributed by atoms with Gasteiger partial charge in [-0.3, -0.25) is 4.79 Å². The average Bonchev–Trinajstić information content (AvgIpc) is 3.10. The zero-order chi connectivity index (χ0) is 17.5. The highest BCUT2D eigenvalue weighted by molar-refractivity contribution is 7.99. The third kappa shape index (κ3) is 5.34. The Morgan fingerprint density at radius 3 is 2.80 bits per heavy atom. The third-order valence-corrected chi connectivity index (χ3v) is 4.47. The number of carbonyl (C=O) groups excluding carboxylic acids is 1. The number of nitrogens with zero attached hydrogens (tertiary/aromatic N) is 2. The lowest BCUT2D eigenvalue weighted by Crippen LogP contribution is -2.05. The standard InChI is InChI=1S/C18H15ClN2O3S/c19-14-6-4-5-13(11-14)18-20-16(24-21-18)12-23-17(22)9-10-25-15-7-2-1-3-8-15/h1-8,11H,9-10,12H2. The van der Waals surface area contributed by atoms with E-state index in [1.54, 1.807) is 30.0 Å². The summed E-state index contributed by atoms with van der Waals surface area (Å²) in [6.45, 7) is -0.0393. The molecule has 0 N–H and O–H groups in total. The molecule has 3 aromatic rings. The van der Waals surface area contributed by atoms with E-state index in [1.165, 1.54) is 0 Å². The second kappa shape index (κ2) is 8.69. The number of thioether (sulfide) groups is 1. The first-order valence-electron chi connectivity index (χ1n) is 7.63. The van der Waals surface area contributed by atoms with Crippen molar-refractivity contribution in [2.24, 2.45) is 0 Å². The zero-order valence-electron chi connectivity index (χ0n) is 13.2. The van der Waals surface area contributed by atoms with Crippen LogP contribution < -0.4 is 0 Å². The number of rotatable bonds is 7. The first kappa shape index (κ1) is 17.5. The summed E-state index contributed by atoms with van der Waals surface area (Å²) in [5.74, 6) is 1.01. The van der Waals surface area contributed by atoms with Crippen molar-refractivity contribution in [2.75, 3.05) is 5.75 Å². The quantitative estimate of drug-likeness (QED) is 0.444. The van der Waals surface area contributed by atoms with E-state index in [0.717, 1.165) is 10.5 Å². The van der Waals surface area contributed by atoms with Crippen LogP contribution in [0.15, 0.2) is 64.0 Å². The van der Waals surface area contributed by atoms with Crippen molar-refractivity contribution in [2.45, 2.75) is 17.9 Å². The molecule has 5 nitrogen and oxygen atoms in total. The summed E-state index contributed by atoms with van der Waals surface area (Å²) in [4.78, 5) is 17.1. The molecule has 0 radical (unpaired) electrons. The summed E-state index contributed by atoms with van der Waals surface area (Å²) in [7, 11) is 0. The van der Waals surface area contributed by atoms with Gasteiger partial charge in [-0.15, -0.1) is 11.8 Å². The molecule has 0 saturated heterocycles. The van der Waals surface area contributed by atoms with Gasteiger partial charge in [-0.1, -0.05) is 47.1 Å². The van der Waals surface area contributed by atoms with Crippen LogP contribution in [0.5, 0.6) is 0 Å². The van der Waals surface area contributed by atoms with Crippen LogP contribution in [0.1, 0.15) is 12.3 Å². The maximum Gasteiger partial charge on any atom is 0.307 e. The summed E-state index contributed by atoms with van der Waals surface area (Å²) in [6.07, 6.45) is 0.314. The molecule has 0 bridgehead atoms. The van der Waals surface area contributed by atoms with Gasteiger partial charge in [0, 0.05) is 21.2 Å². The van der Waals surface area contributed by atoms with E-state index in [-0.39, 0.29) is 18.5 Å². The lowest BCUT2D eigenvalue weighted by atomic mass is 10.2. The first-order valence-corrected chi connectivity index (χ1v) is 8.99. The van der Waals surface area contributed by atoms with Gasteiger partial charge in [0.2, 0.25) is 5.82 Å². The smallest absolute Gasteiger partial charge is 0.307 e. The number of esters is 1. The molecule has 128 valence electrons. The summed E-state index contributed by atoms with van der Waals surface area (Å²) >= 11 is 7.55. The molecule has 0 fully saturated rings. The van der Waals surface area contributed by atoms with Crippen LogP contribution in [0.2, 0.25) is 5.02 Å². The highest BCUT2D eigenvalue weighted by Gasteiger charge is 2.11. The molecule has 1 heterocycles. The van der Waals surface area contributed by atoms with Crippen LogP contribution in [-0.2, 0) is 16.1 Å². The molecule has 0 saturated carbocycles. The molecular formula is C18H15ClN2O3S. The largest absolute Gasteiger partial charge is 0.456 e. The highest BCUT2D eigenvalue weighted by Crippen LogP contribution is 2.20. The molecule has 2 aromatic carbocycles. The fourth-order valence-electron chi connectivity index (χ4n) is 2.04. The second-order valence-electron chi connectivity index (χ2n) is 5.09. The Morgan fingerprint density at radius 1 is 1.16 bits per heavy atom. The van der Waals surface area contributed by atoms with E-state index >= 15 is 0 Å². The maximum absolute atomic E-state index is 11.8. The normalized spacial score (nSPS) is 10.6. The first-order chi connectivity index (χ1) is 12.2. The SMILES string of the molecule is O=C(CCSc1ccccc1)OCc1nc(-c2cccc(Cl)c2)no1. The van der Waals surface area contributed by atoms with Crippen LogP contribution >= 0.6 is 23.4 Å². The molecule has 0 unspecified atom stereocenters. The molecule has 25 heavy (non-hydrogen) atoms. The Kier molecular flexibility index (Phi) is 6.09. The fourth-order valence-corrected chi connectivity index (χ4v) is 3.09. The summed E-state index contributed by atoms with van der Waals surface area (Å²) in [5.41, 5.74) is 0.744. The summed E-state index contributed by atoms with van der Waals surface area (Å²) in [5, 5.41) is 4.46. The van der Waals surface area contributed by atoms with E-state index in [2.05, 4.69) is 10.1 Å². The summed E-state index contributed by atoms with van der Waals surface area (Å²) < 4.78 is 10.3. The van der Waals surface area contributed by atoms with Crippen molar-refractivity contribution in [3.63, 3.8) is 0 Å². The van der Waals surface area contributed by atoms with Crippen molar-refractivity contribution in [1.82, 2.24) is 10.1 Å². The van der Waals surface area contributed by atoms with E-state index in [0.29, 0.717) is 23.0 Å². The topological polar surface area (TPSA) is 65.2 Å². The van der Waals surface area contributed by atoms with Crippen LogP contribution in [0.4, 0.5) is 0 Å². The molecule has 0 spiro atoms. The predicted octanol–water partition coefficient (Wildman–Crippen LogP) is 4.62. The van der Waals surface area contributed by atoms with Gasteiger partial charge >= 0.3 is 5.97 Å². The van der Waals surface area contributed by atoms with E-state index < -0.39 is 0 Å². The predicted molar refractivity (Wildman–Crippen MR) is 96.3 cm³/mol. The molecule has 0 amide bonds. The lowest BCUT2D eigenvalue weighted by molar-refractivity contribution is -0.145. The second-order valence-corrected chi connectivity index (χ2v) is 6.70. The van der Waals surface area contributed by atoms with Crippen molar-refractivity contribution in [3.05, 3.63) is 65.5 Å². The Morgan fingerprint density at radius 2 is 2.00 bits per heavy atom. The number of hydrogen-bond donors (Lipinski definition) is 0. The van der Waals surface area contributed by atoms with Gasteiger partial charge in [-0.05, 0) is 24.3 Å². The Bertz CT molecular complexity index is 839. The number of carbonyl (C=O) groups is 1. The van der Waals surface area contributed by atoms with Gasteiger partial charge in [-0.2, -0.15) is 4.98 Å². The number of ether oxygens (including phenoxy) is 1. The monoisotopic (exact) mass is 374 g/mol. The van der Waals surface area contributed by atoms with Gasteiger partial charge in [0.15, 0.2) is 6.61 Å². The minimum atomic E-state index is -0.300. The minimum Gasteiger partial charge on any atom is -0.456 e.